The normalized spacial score (nSPS) is 20.2. The third kappa shape index (κ3) is 2.82. The molecule has 28 heavy (non-hydrogen) atoms. The van der Waals surface area contributed by atoms with Crippen LogP contribution in [0.3, 0.4) is 0 Å². The highest BCUT2D eigenvalue weighted by atomic mass is 14.4. The summed E-state index contributed by atoms with van der Waals surface area (Å²) in [5, 5.41) is 0. The Kier molecular flexibility index (Phi) is 4.19. The van der Waals surface area contributed by atoms with Gasteiger partial charge in [0.25, 0.3) is 0 Å². The van der Waals surface area contributed by atoms with Crippen LogP contribution in [0.2, 0.25) is 0 Å². The second kappa shape index (κ2) is 6.62. The summed E-state index contributed by atoms with van der Waals surface area (Å²) in [5.41, 5.74) is 14.7. The van der Waals surface area contributed by atoms with Crippen molar-refractivity contribution in [2.45, 2.75) is 58.8 Å². The Morgan fingerprint density at radius 2 is 1.93 bits per heavy atom. The molecule has 0 heteroatoms. The summed E-state index contributed by atoms with van der Waals surface area (Å²) in [6.07, 6.45) is 8.83. The summed E-state index contributed by atoms with van der Waals surface area (Å²) in [4.78, 5) is 0. The first-order valence-electron chi connectivity index (χ1n) is 10.9. The minimum absolute atomic E-state index is 0.591. The van der Waals surface area contributed by atoms with Gasteiger partial charge in [-0.15, -0.1) is 0 Å². The van der Waals surface area contributed by atoms with E-state index in [4.69, 9.17) is 0 Å². The first-order chi connectivity index (χ1) is 13.6. The lowest BCUT2D eigenvalue weighted by atomic mass is 9.85. The third-order valence-electron chi connectivity index (χ3n) is 7.04. The summed E-state index contributed by atoms with van der Waals surface area (Å²) >= 11 is 0. The Labute approximate surface area is 169 Å². The van der Waals surface area contributed by atoms with Crippen LogP contribution in [-0.2, 0) is 12.8 Å². The van der Waals surface area contributed by atoms with E-state index in [1.54, 1.807) is 16.7 Å². The van der Waals surface area contributed by atoms with E-state index in [2.05, 4.69) is 69.8 Å². The Hall–Kier alpha value is -2.34. The SMILES string of the molecule is C=C(C)c1cc(CC)c2c(c1)CC(C1=Cc3ccccc3C1CC1CC1)=C2C. The molecule has 2 aromatic carbocycles. The number of hydrogen-bond donors (Lipinski definition) is 0. The lowest BCUT2D eigenvalue weighted by Gasteiger charge is -2.19. The molecule has 3 aliphatic rings. The van der Waals surface area contributed by atoms with E-state index in [1.165, 1.54) is 58.2 Å². The minimum Gasteiger partial charge on any atom is -0.0955 e. The smallest absolute Gasteiger partial charge is 0.0101 e. The fourth-order valence-corrected chi connectivity index (χ4v) is 5.34. The van der Waals surface area contributed by atoms with Crippen molar-refractivity contribution in [3.8, 4) is 0 Å². The fraction of sp³-hybridized carbons (Fsp3) is 0.357. The van der Waals surface area contributed by atoms with E-state index >= 15 is 0 Å². The summed E-state index contributed by atoms with van der Waals surface area (Å²) in [6.45, 7) is 11.0. The summed E-state index contributed by atoms with van der Waals surface area (Å²) in [7, 11) is 0. The highest BCUT2D eigenvalue weighted by molar-refractivity contribution is 5.86. The van der Waals surface area contributed by atoms with Crippen LogP contribution in [0.4, 0.5) is 0 Å². The quantitative estimate of drug-likeness (QED) is 0.511. The van der Waals surface area contributed by atoms with Gasteiger partial charge in [0.05, 0.1) is 0 Å². The molecule has 1 saturated carbocycles. The van der Waals surface area contributed by atoms with E-state index in [0.29, 0.717) is 5.92 Å². The number of allylic oxidation sites excluding steroid dienone is 4. The van der Waals surface area contributed by atoms with Crippen LogP contribution in [0.15, 0.2) is 54.1 Å². The van der Waals surface area contributed by atoms with Gasteiger partial charge in [-0.1, -0.05) is 74.4 Å². The van der Waals surface area contributed by atoms with E-state index in [0.717, 1.165) is 18.8 Å². The zero-order valence-electron chi connectivity index (χ0n) is 17.4. The van der Waals surface area contributed by atoms with Crippen molar-refractivity contribution in [3.05, 3.63) is 87.5 Å². The standard InChI is InChI=1S/C28H30/c1-5-20-13-22(17(2)3)14-23-16-25(18(4)28(20)23)27-15-21-8-6-7-9-24(21)26(27)12-19-10-11-19/h6-9,13-15,19,26H,2,5,10-12,16H2,1,3-4H3. The largest absolute Gasteiger partial charge is 0.0955 e. The topological polar surface area (TPSA) is 0 Å². The van der Waals surface area contributed by atoms with Crippen molar-refractivity contribution in [1.29, 1.82) is 0 Å². The highest BCUT2D eigenvalue weighted by Crippen LogP contribution is 2.51. The molecule has 1 unspecified atom stereocenters. The average Bonchev–Trinajstić information content (AvgIpc) is 3.36. The Bertz CT molecular complexity index is 1040. The van der Waals surface area contributed by atoms with Gasteiger partial charge in [-0.25, -0.2) is 0 Å². The van der Waals surface area contributed by atoms with Crippen molar-refractivity contribution < 1.29 is 0 Å². The van der Waals surface area contributed by atoms with Crippen molar-refractivity contribution in [2.24, 2.45) is 5.92 Å². The van der Waals surface area contributed by atoms with Gasteiger partial charge in [0.15, 0.2) is 0 Å². The van der Waals surface area contributed by atoms with E-state index in [9.17, 15) is 0 Å². The molecule has 3 aliphatic carbocycles. The van der Waals surface area contributed by atoms with Crippen LogP contribution in [0.25, 0.3) is 17.2 Å². The molecule has 2 aromatic rings. The lowest BCUT2D eigenvalue weighted by molar-refractivity contribution is 0.649. The van der Waals surface area contributed by atoms with Gasteiger partial charge in [0.2, 0.25) is 0 Å². The minimum atomic E-state index is 0.591. The zero-order chi connectivity index (χ0) is 19.4. The maximum absolute atomic E-state index is 4.20. The Morgan fingerprint density at radius 3 is 2.64 bits per heavy atom. The predicted molar refractivity (Wildman–Crippen MR) is 121 cm³/mol. The van der Waals surface area contributed by atoms with Gasteiger partial charge < -0.3 is 0 Å². The van der Waals surface area contributed by atoms with Gasteiger partial charge in [0.1, 0.15) is 0 Å². The van der Waals surface area contributed by atoms with Crippen molar-refractivity contribution >= 4 is 17.2 Å². The second-order valence-corrected chi connectivity index (χ2v) is 9.04. The molecule has 0 saturated heterocycles. The average molecular weight is 367 g/mol. The van der Waals surface area contributed by atoms with Crippen LogP contribution < -0.4 is 0 Å². The maximum Gasteiger partial charge on any atom is 0.0101 e. The number of fused-ring (bicyclic) bond motifs is 2. The van der Waals surface area contributed by atoms with Gasteiger partial charge in [0, 0.05) is 5.92 Å². The van der Waals surface area contributed by atoms with Crippen LogP contribution in [0.1, 0.15) is 79.3 Å². The lowest BCUT2D eigenvalue weighted by Crippen LogP contribution is -2.03. The molecule has 1 fully saturated rings. The highest BCUT2D eigenvalue weighted by Gasteiger charge is 2.35. The maximum atomic E-state index is 4.20. The third-order valence-corrected chi connectivity index (χ3v) is 7.04. The van der Waals surface area contributed by atoms with Gasteiger partial charge in [-0.3, -0.25) is 0 Å². The fourth-order valence-electron chi connectivity index (χ4n) is 5.34. The monoisotopic (exact) mass is 366 g/mol. The molecule has 1 atom stereocenters. The van der Waals surface area contributed by atoms with Crippen LogP contribution in [0.5, 0.6) is 0 Å². The molecule has 5 rings (SSSR count). The Balaban J connectivity index is 1.59. The predicted octanol–water partition coefficient (Wildman–Crippen LogP) is 7.59. The second-order valence-electron chi connectivity index (χ2n) is 9.04. The molecule has 0 N–H and O–H groups in total. The molecular weight excluding hydrogens is 336 g/mol. The van der Waals surface area contributed by atoms with Gasteiger partial charge >= 0.3 is 0 Å². The zero-order valence-corrected chi connectivity index (χ0v) is 17.4. The first kappa shape index (κ1) is 17.7. The van der Waals surface area contributed by atoms with Crippen LogP contribution in [0, 0.1) is 5.92 Å². The van der Waals surface area contributed by atoms with Crippen molar-refractivity contribution in [3.63, 3.8) is 0 Å². The summed E-state index contributed by atoms with van der Waals surface area (Å²) < 4.78 is 0. The molecule has 0 spiro atoms. The van der Waals surface area contributed by atoms with Crippen LogP contribution in [-0.4, -0.2) is 0 Å². The molecule has 0 heterocycles. The number of rotatable bonds is 5. The summed E-state index contributed by atoms with van der Waals surface area (Å²) in [5.74, 6) is 1.53. The molecule has 0 nitrogen and oxygen atoms in total. The molecule has 142 valence electrons. The van der Waals surface area contributed by atoms with Gasteiger partial charge in [-0.2, -0.15) is 0 Å². The first-order valence-corrected chi connectivity index (χ1v) is 10.9. The van der Waals surface area contributed by atoms with E-state index in [-0.39, 0.29) is 0 Å². The van der Waals surface area contributed by atoms with Crippen molar-refractivity contribution in [2.75, 3.05) is 0 Å². The number of hydrogen-bond acceptors (Lipinski definition) is 0. The van der Waals surface area contributed by atoms with Crippen LogP contribution >= 0.6 is 0 Å². The molecule has 0 bridgehead atoms. The van der Waals surface area contributed by atoms with Crippen molar-refractivity contribution in [1.82, 2.24) is 0 Å². The Morgan fingerprint density at radius 1 is 1.14 bits per heavy atom. The van der Waals surface area contributed by atoms with E-state index < -0.39 is 0 Å². The molecule has 0 aliphatic heterocycles. The molecular formula is C28H30. The number of benzene rings is 2. The number of aryl methyl sites for hydroxylation is 1. The molecule has 0 radical (unpaired) electrons. The van der Waals surface area contributed by atoms with Gasteiger partial charge in [-0.05, 0) is 89.1 Å². The molecule has 0 amide bonds. The molecule has 0 aromatic heterocycles. The summed E-state index contributed by atoms with van der Waals surface area (Å²) in [6, 6.07) is 13.8. The van der Waals surface area contributed by atoms with E-state index in [1.807, 2.05) is 0 Å².